The van der Waals surface area contributed by atoms with E-state index in [0.717, 1.165) is 4.90 Å². The zero-order valence-electron chi connectivity index (χ0n) is 13.8. The summed E-state index contributed by atoms with van der Waals surface area (Å²) in [5.74, 6) is -0.694. The zero-order chi connectivity index (χ0) is 17.7. The van der Waals surface area contributed by atoms with Crippen LogP contribution in [0.1, 0.15) is 13.8 Å². The molecule has 0 aliphatic carbocycles. The van der Waals surface area contributed by atoms with Gasteiger partial charge in [-0.05, 0) is 32.0 Å². The molecule has 6 nitrogen and oxygen atoms in total. The van der Waals surface area contributed by atoms with Gasteiger partial charge in [0, 0.05) is 5.69 Å². The van der Waals surface area contributed by atoms with Gasteiger partial charge in [0.15, 0.2) is 6.04 Å². The van der Waals surface area contributed by atoms with Crippen LogP contribution in [0, 0.1) is 5.82 Å². The molecule has 0 spiro atoms. The third kappa shape index (κ3) is 4.58. The van der Waals surface area contributed by atoms with E-state index in [1.807, 2.05) is 6.92 Å². The smallest absolute Gasteiger partial charge is 0.410 e. The maximum atomic E-state index is 13.2. The number of anilines is 1. The highest BCUT2D eigenvalue weighted by Gasteiger charge is 2.31. The first-order chi connectivity index (χ1) is 11.4. The number of ether oxygens (including phenoxy) is 1. The Morgan fingerprint density at radius 3 is 2.67 bits per heavy atom. The van der Waals surface area contributed by atoms with E-state index in [1.165, 1.54) is 18.2 Å². The van der Waals surface area contributed by atoms with Gasteiger partial charge in [0.2, 0.25) is 0 Å². The monoisotopic (exact) mass is 358 g/mol. The van der Waals surface area contributed by atoms with Crippen LogP contribution in [0.25, 0.3) is 0 Å². The Bertz CT molecular complexity index is 606. The Balaban J connectivity index is 1.87. The Morgan fingerprint density at radius 2 is 2.08 bits per heavy atom. The fourth-order valence-electron chi connectivity index (χ4n) is 2.63. The van der Waals surface area contributed by atoms with Gasteiger partial charge in [-0.2, -0.15) is 0 Å². The van der Waals surface area contributed by atoms with E-state index in [2.05, 4.69) is 5.32 Å². The number of rotatable bonds is 4. The number of hydrogen-bond acceptors (Lipinski definition) is 3. The molecule has 2 rings (SSSR count). The molecule has 0 radical (unpaired) electrons. The molecule has 1 aromatic rings. The number of hydrogen-bond donors (Lipinski definition) is 2. The van der Waals surface area contributed by atoms with E-state index in [1.54, 1.807) is 11.8 Å². The van der Waals surface area contributed by atoms with Crippen molar-refractivity contribution >= 4 is 29.3 Å². The fourth-order valence-corrected chi connectivity index (χ4v) is 2.81. The number of carbonyl (C=O) groups is 2. The van der Waals surface area contributed by atoms with Gasteiger partial charge in [-0.3, -0.25) is 9.69 Å². The highest BCUT2D eigenvalue weighted by Crippen LogP contribution is 2.19. The van der Waals surface area contributed by atoms with Crippen molar-refractivity contribution in [3.8, 4) is 0 Å². The molecule has 8 heteroatoms. The first-order valence-electron chi connectivity index (χ1n) is 7.94. The Hall–Kier alpha value is -1.86. The van der Waals surface area contributed by atoms with Crippen molar-refractivity contribution in [1.82, 2.24) is 4.90 Å². The molecule has 2 N–H and O–H groups in total. The van der Waals surface area contributed by atoms with Gasteiger partial charge in [0.25, 0.3) is 5.91 Å². The van der Waals surface area contributed by atoms with E-state index in [0.29, 0.717) is 38.5 Å². The van der Waals surface area contributed by atoms with Gasteiger partial charge in [0.1, 0.15) is 5.82 Å². The van der Waals surface area contributed by atoms with Gasteiger partial charge in [-0.25, -0.2) is 9.18 Å². The Kier molecular flexibility index (Phi) is 6.39. The van der Waals surface area contributed by atoms with E-state index >= 15 is 0 Å². The fraction of sp³-hybridized carbons (Fsp3) is 0.500. The Labute approximate surface area is 145 Å². The molecule has 24 heavy (non-hydrogen) atoms. The maximum absolute atomic E-state index is 13.2. The van der Waals surface area contributed by atoms with Crippen LogP contribution in [0.3, 0.4) is 0 Å². The second kappa shape index (κ2) is 8.30. The summed E-state index contributed by atoms with van der Waals surface area (Å²) in [6, 6.07) is 3.78. The lowest BCUT2D eigenvalue weighted by Crippen LogP contribution is -3.19. The molecule has 1 heterocycles. The summed E-state index contributed by atoms with van der Waals surface area (Å²) in [5, 5.41) is 2.71. The van der Waals surface area contributed by atoms with E-state index in [-0.39, 0.29) is 23.1 Å². The second-order valence-corrected chi connectivity index (χ2v) is 6.09. The minimum Gasteiger partial charge on any atom is -0.450 e. The summed E-state index contributed by atoms with van der Waals surface area (Å²) >= 11 is 5.72. The summed E-state index contributed by atoms with van der Waals surface area (Å²) in [5.41, 5.74) is 0.461. The molecule has 0 saturated carbocycles. The van der Waals surface area contributed by atoms with Crippen molar-refractivity contribution in [3.63, 3.8) is 0 Å². The predicted molar refractivity (Wildman–Crippen MR) is 88.8 cm³/mol. The summed E-state index contributed by atoms with van der Waals surface area (Å²) in [7, 11) is 0. The first kappa shape index (κ1) is 18.5. The molecule has 1 aliphatic rings. The molecule has 0 aromatic heterocycles. The second-order valence-electron chi connectivity index (χ2n) is 5.68. The quantitative estimate of drug-likeness (QED) is 0.849. The van der Waals surface area contributed by atoms with E-state index in [4.69, 9.17) is 16.3 Å². The van der Waals surface area contributed by atoms with Crippen LogP contribution in [0.4, 0.5) is 14.9 Å². The van der Waals surface area contributed by atoms with Crippen molar-refractivity contribution in [3.05, 3.63) is 29.0 Å². The molecule has 2 amide bonds. The van der Waals surface area contributed by atoms with Crippen LogP contribution >= 0.6 is 11.6 Å². The van der Waals surface area contributed by atoms with Gasteiger partial charge in [-0.15, -0.1) is 0 Å². The molecule has 1 saturated heterocycles. The normalized spacial score (nSPS) is 16.6. The molecule has 0 unspecified atom stereocenters. The Morgan fingerprint density at radius 1 is 1.42 bits per heavy atom. The lowest BCUT2D eigenvalue weighted by molar-refractivity contribution is -0.917. The molecular formula is C16H22ClFN3O3+. The van der Waals surface area contributed by atoms with Crippen molar-refractivity contribution in [1.29, 1.82) is 0 Å². The SMILES string of the molecule is CCOC(=O)N1CC[NH+]([C@H](C)C(=O)Nc2ccc(F)c(Cl)c2)CC1. The van der Waals surface area contributed by atoms with Crippen molar-refractivity contribution < 1.29 is 23.6 Å². The van der Waals surface area contributed by atoms with Gasteiger partial charge in [0.05, 0.1) is 37.8 Å². The topological polar surface area (TPSA) is 63.1 Å². The summed E-state index contributed by atoms with van der Waals surface area (Å²) in [4.78, 5) is 26.8. The van der Waals surface area contributed by atoms with Gasteiger partial charge < -0.3 is 15.0 Å². The number of quaternary nitrogens is 1. The van der Waals surface area contributed by atoms with Gasteiger partial charge >= 0.3 is 6.09 Å². The van der Waals surface area contributed by atoms with E-state index < -0.39 is 5.82 Å². The highest BCUT2D eigenvalue weighted by atomic mass is 35.5. The maximum Gasteiger partial charge on any atom is 0.410 e. The average molecular weight is 359 g/mol. The van der Waals surface area contributed by atoms with Crippen molar-refractivity contribution in [2.75, 3.05) is 38.1 Å². The molecule has 1 aliphatic heterocycles. The summed E-state index contributed by atoms with van der Waals surface area (Å²) in [6.07, 6.45) is -0.311. The molecule has 132 valence electrons. The van der Waals surface area contributed by atoms with Crippen LogP contribution in [0.2, 0.25) is 5.02 Å². The number of nitrogens with one attached hydrogen (secondary N) is 2. The number of carbonyl (C=O) groups excluding carboxylic acids is 2. The number of halogens is 2. The number of amides is 2. The van der Waals surface area contributed by atoms with Crippen LogP contribution in [0.5, 0.6) is 0 Å². The zero-order valence-corrected chi connectivity index (χ0v) is 14.5. The van der Waals surface area contributed by atoms with Crippen LogP contribution in [0.15, 0.2) is 18.2 Å². The number of benzene rings is 1. The lowest BCUT2D eigenvalue weighted by atomic mass is 10.2. The highest BCUT2D eigenvalue weighted by molar-refractivity contribution is 6.31. The van der Waals surface area contributed by atoms with Crippen LogP contribution in [-0.2, 0) is 9.53 Å². The minimum atomic E-state index is -0.525. The summed E-state index contributed by atoms with van der Waals surface area (Å²) < 4.78 is 18.1. The third-order valence-electron chi connectivity index (χ3n) is 4.12. The number of piperazine rings is 1. The molecule has 1 atom stereocenters. The van der Waals surface area contributed by atoms with Gasteiger partial charge in [-0.1, -0.05) is 11.6 Å². The molecule has 1 fully saturated rings. The van der Waals surface area contributed by atoms with Crippen LogP contribution < -0.4 is 10.2 Å². The van der Waals surface area contributed by atoms with E-state index in [9.17, 15) is 14.0 Å². The average Bonchev–Trinajstić information content (AvgIpc) is 2.58. The minimum absolute atomic E-state index is 0.0316. The molecule has 1 aromatic carbocycles. The van der Waals surface area contributed by atoms with Crippen molar-refractivity contribution in [2.45, 2.75) is 19.9 Å². The first-order valence-corrected chi connectivity index (χ1v) is 8.32. The largest absolute Gasteiger partial charge is 0.450 e. The predicted octanol–water partition coefficient (Wildman–Crippen LogP) is 1.16. The molecular weight excluding hydrogens is 337 g/mol. The van der Waals surface area contributed by atoms with Crippen LogP contribution in [-0.4, -0.2) is 55.7 Å². The number of nitrogens with zero attached hydrogens (tertiary/aromatic N) is 1. The lowest BCUT2D eigenvalue weighted by Gasteiger charge is -2.34. The van der Waals surface area contributed by atoms with Crippen molar-refractivity contribution in [2.24, 2.45) is 0 Å². The summed E-state index contributed by atoms with van der Waals surface area (Å²) in [6.45, 7) is 6.38. The standard InChI is InChI=1S/C16H21ClFN3O3/c1-3-24-16(23)21-8-6-20(7-9-21)11(2)15(22)19-12-4-5-14(18)13(17)10-12/h4-5,10-11H,3,6-9H2,1-2H3,(H,19,22)/p+1/t11-/m1/s1. The molecule has 0 bridgehead atoms. The third-order valence-corrected chi connectivity index (χ3v) is 4.41.